The molecule has 1 unspecified atom stereocenters. The SMILES string of the molecule is COCCNC(=NCC(=O)N(C)C)NC(C)c1cccc(N2CCCC2)c1. The minimum atomic E-state index is -0.0356. The van der Waals surface area contributed by atoms with Crippen molar-refractivity contribution in [3.63, 3.8) is 0 Å². The Balaban J connectivity index is 2.04. The third-order valence-electron chi connectivity index (χ3n) is 4.66. The van der Waals surface area contributed by atoms with Crippen LogP contribution in [0.25, 0.3) is 0 Å². The van der Waals surface area contributed by atoms with Gasteiger partial charge < -0.3 is 25.2 Å². The Kier molecular flexibility index (Phi) is 8.39. The van der Waals surface area contributed by atoms with E-state index in [0.717, 1.165) is 13.1 Å². The molecular weight excluding hydrogens is 342 g/mol. The van der Waals surface area contributed by atoms with Gasteiger partial charge >= 0.3 is 0 Å². The number of hydrogen-bond acceptors (Lipinski definition) is 4. The summed E-state index contributed by atoms with van der Waals surface area (Å²) in [6.45, 7) is 5.66. The Morgan fingerprint density at radius 1 is 1.33 bits per heavy atom. The maximum Gasteiger partial charge on any atom is 0.243 e. The number of rotatable bonds is 8. The van der Waals surface area contributed by atoms with Crippen molar-refractivity contribution in [2.24, 2.45) is 4.99 Å². The number of guanidine groups is 1. The van der Waals surface area contributed by atoms with Gasteiger partial charge in [-0.3, -0.25) is 4.79 Å². The number of nitrogens with one attached hydrogen (secondary N) is 2. The lowest BCUT2D eigenvalue weighted by Crippen LogP contribution is -2.41. The Bertz CT molecular complexity index is 627. The van der Waals surface area contributed by atoms with E-state index in [2.05, 4.69) is 51.7 Å². The molecule has 150 valence electrons. The van der Waals surface area contributed by atoms with E-state index in [1.54, 1.807) is 26.1 Å². The summed E-state index contributed by atoms with van der Waals surface area (Å²) >= 11 is 0. The number of likely N-dealkylation sites (N-methyl/N-ethyl adjacent to an activating group) is 1. The average Bonchev–Trinajstić information content (AvgIpc) is 3.20. The third-order valence-corrected chi connectivity index (χ3v) is 4.66. The van der Waals surface area contributed by atoms with E-state index in [1.807, 2.05) is 0 Å². The molecule has 1 aromatic carbocycles. The van der Waals surface area contributed by atoms with Gasteiger partial charge in [0.2, 0.25) is 5.91 Å². The first-order chi connectivity index (χ1) is 13.0. The van der Waals surface area contributed by atoms with Gasteiger partial charge in [0.05, 0.1) is 12.6 Å². The van der Waals surface area contributed by atoms with Gasteiger partial charge in [0, 0.05) is 46.5 Å². The van der Waals surface area contributed by atoms with Crippen molar-refractivity contribution in [2.75, 3.05) is 58.9 Å². The Morgan fingerprint density at radius 2 is 2.07 bits per heavy atom. The van der Waals surface area contributed by atoms with Crippen LogP contribution in [0.3, 0.4) is 0 Å². The maximum absolute atomic E-state index is 11.9. The van der Waals surface area contributed by atoms with Crippen LogP contribution in [0.2, 0.25) is 0 Å². The molecule has 0 spiro atoms. The fraction of sp³-hybridized carbons (Fsp3) is 0.600. The summed E-state index contributed by atoms with van der Waals surface area (Å²) in [5.41, 5.74) is 2.46. The summed E-state index contributed by atoms with van der Waals surface area (Å²) in [6.07, 6.45) is 2.52. The normalized spacial score (nSPS) is 15.6. The topological polar surface area (TPSA) is 69.2 Å². The van der Waals surface area contributed by atoms with Crippen LogP contribution in [0.15, 0.2) is 29.3 Å². The van der Waals surface area contributed by atoms with E-state index in [0.29, 0.717) is 19.1 Å². The van der Waals surface area contributed by atoms with Crippen molar-refractivity contribution >= 4 is 17.6 Å². The molecule has 1 heterocycles. The van der Waals surface area contributed by atoms with E-state index < -0.39 is 0 Å². The summed E-state index contributed by atoms with van der Waals surface area (Å²) in [4.78, 5) is 20.2. The van der Waals surface area contributed by atoms with Gasteiger partial charge in [0.1, 0.15) is 6.54 Å². The van der Waals surface area contributed by atoms with E-state index in [9.17, 15) is 4.79 Å². The minimum absolute atomic E-state index is 0.0356. The van der Waals surface area contributed by atoms with E-state index in [-0.39, 0.29) is 18.5 Å². The molecule has 1 amide bonds. The summed E-state index contributed by atoms with van der Waals surface area (Å²) in [7, 11) is 5.12. The molecule has 27 heavy (non-hydrogen) atoms. The van der Waals surface area contributed by atoms with Gasteiger partial charge in [-0.15, -0.1) is 0 Å². The molecule has 0 aromatic heterocycles. The first-order valence-corrected chi connectivity index (χ1v) is 9.60. The van der Waals surface area contributed by atoms with Crippen LogP contribution in [0.4, 0.5) is 5.69 Å². The molecule has 0 bridgehead atoms. The van der Waals surface area contributed by atoms with Crippen molar-refractivity contribution in [2.45, 2.75) is 25.8 Å². The molecule has 1 saturated heterocycles. The minimum Gasteiger partial charge on any atom is -0.383 e. The third kappa shape index (κ3) is 6.75. The summed E-state index contributed by atoms with van der Waals surface area (Å²) < 4.78 is 5.09. The van der Waals surface area contributed by atoms with Gasteiger partial charge in [0.25, 0.3) is 0 Å². The van der Waals surface area contributed by atoms with E-state index in [1.165, 1.54) is 24.1 Å². The first kappa shape index (κ1) is 21.0. The van der Waals surface area contributed by atoms with Crippen LogP contribution >= 0.6 is 0 Å². The van der Waals surface area contributed by atoms with E-state index in [4.69, 9.17) is 4.74 Å². The molecule has 1 atom stereocenters. The lowest BCUT2D eigenvalue weighted by molar-refractivity contribution is -0.127. The second-order valence-corrected chi connectivity index (χ2v) is 7.03. The molecule has 2 rings (SSSR count). The molecule has 2 N–H and O–H groups in total. The quantitative estimate of drug-likeness (QED) is 0.411. The predicted octanol–water partition coefficient (Wildman–Crippen LogP) is 1.62. The monoisotopic (exact) mass is 375 g/mol. The van der Waals surface area contributed by atoms with Crippen LogP contribution in [-0.2, 0) is 9.53 Å². The molecule has 7 nitrogen and oxygen atoms in total. The smallest absolute Gasteiger partial charge is 0.243 e. The van der Waals surface area contributed by atoms with Crippen LogP contribution in [-0.4, -0.2) is 70.8 Å². The number of ether oxygens (including phenoxy) is 1. The molecule has 1 aliphatic rings. The molecule has 0 saturated carbocycles. The average molecular weight is 376 g/mol. The fourth-order valence-electron chi connectivity index (χ4n) is 2.97. The second-order valence-electron chi connectivity index (χ2n) is 7.03. The summed E-state index contributed by atoms with van der Waals surface area (Å²) in [6, 6.07) is 8.70. The van der Waals surface area contributed by atoms with Crippen LogP contribution < -0.4 is 15.5 Å². The van der Waals surface area contributed by atoms with Gasteiger partial charge in [-0.1, -0.05) is 12.1 Å². The second kappa shape index (κ2) is 10.8. The standard InChI is InChI=1S/C20H33N5O2/c1-16(17-8-7-9-18(14-17)25-11-5-6-12-25)23-20(21-10-13-27-4)22-15-19(26)24(2)3/h7-9,14,16H,5-6,10-13,15H2,1-4H3,(H2,21,22,23). The highest BCUT2D eigenvalue weighted by Crippen LogP contribution is 2.23. The van der Waals surface area contributed by atoms with Gasteiger partial charge in [-0.2, -0.15) is 0 Å². The zero-order valence-electron chi connectivity index (χ0n) is 17.0. The molecule has 0 aliphatic carbocycles. The highest BCUT2D eigenvalue weighted by Gasteiger charge is 2.15. The number of benzene rings is 1. The molecular formula is C20H33N5O2. The molecule has 1 fully saturated rings. The van der Waals surface area contributed by atoms with Gasteiger partial charge in [-0.25, -0.2) is 4.99 Å². The summed E-state index contributed by atoms with van der Waals surface area (Å²) in [5, 5.41) is 6.62. The Hall–Kier alpha value is -2.28. The molecule has 1 aliphatic heterocycles. The lowest BCUT2D eigenvalue weighted by Gasteiger charge is -2.22. The number of carbonyl (C=O) groups is 1. The van der Waals surface area contributed by atoms with Crippen LogP contribution in [0.1, 0.15) is 31.4 Å². The van der Waals surface area contributed by atoms with Crippen molar-refractivity contribution in [1.82, 2.24) is 15.5 Å². The molecule has 1 aromatic rings. The number of carbonyl (C=O) groups excluding carboxylic acids is 1. The van der Waals surface area contributed by atoms with E-state index >= 15 is 0 Å². The van der Waals surface area contributed by atoms with Gasteiger partial charge in [-0.05, 0) is 37.5 Å². The zero-order chi connectivity index (χ0) is 19.6. The number of aliphatic imine (C=N–C) groups is 1. The number of nitrogens with zero attached hydrogens (tertiary/aromatic N) is 3. The maximum atomic E-state index is 11.9. The first-order valence-electron chi connectivity index (χ1n) is 9.60. The van der Waals surface area contributed by atoms with Crippen LogP contribution in [0.5, 0.6) is 0 Å². The fourth-order valence-corrected chi connectivity index (χ4v) is 2.97. The number of hydrogen-bond donors (Lipinski definition) is 2. The predicted molar refractivity (Wildman–Crippen MR) is 110 cm³/mol. The highest BCUT2D eigenvalue weighted by molar-refractivity contribution is 5.85. The summed E-state index contributed by atoms with van der Waals surface area (Å²) in [5.74, 6) is 0.577. The van der Waals surface area contributed by atoms with Crippen molar-refractivity contribution < 1.29 is 9.53 Å². The highest BCUT2D eigenvalue weighted by atomic mass is 16.5. The van der Waals surface area contributed by atoms with Gasteiger partial charge in [0.15, 0.2) is 5.96 Å². The molecule has 0 radical (unpaired) electrons. The van der Waals surface area contributed by atoms with Crippen molar-refractivity contribution in [1.29, 1.82) is 0 Å². The Morgan fingerprint density at radius 3 is 2.74 bits per heavy atom. The van der Waals surface area contributed by atoms with Crippen molar-refractivity contribution in [3.8, 4) is 0 Å². The van der Waals surface area contributed by atoms with Crippen molar-refractivity contribution in [3.05, 3.63) is 29.8 Å². The molecule has 7 heteroatoms. The lowest BCUT2D eigenvalue weighted by atomic mass is 10.1. The number of methoxy groups -OCH3 is 1. The number of anilines is 1. The largest absolute Gasteiger partial charge is 0.383 e. The van der Waals surface area contributed by atoms with Crippen LogP contribution in [0, 0.1) is 0 Å². The zero-order valence-corrected chi connectivity index (χ0v) is 17.0. The Labute approximate surface area is 162 Å². The number of amides is 1.